The molecule has 0 saturated heterocycles. The van der Waals surface area contributed by atoms with E-state index in [-0.39, 0.29) is 5.56 Å². The molecule has 0 fully saturated rings. The molecule has 16 heavy (non-hydrogen) atoms. The van der Waals surface area contributed by atoms with Gasteiger partial charge in [0.25, 0.3) is 5.91 Å². The largest absolute Gasteiger partial charge is 0.305 e. The molecule has 2 heterocycles. The minimum Gasteiger partial charge on any atom is -0.305 e. The summed E-state index contributed by atoms with van der Waals surface area (Å²) >= 11 is 0. The maximum atomic E-state index is 12.7. The second-order valence-electron chi connectivity index (χ2n) is 2.93. The van der Waals surface area contributed by atoms with Gasteiger partial charge in [-0.3, -0.25) is 4.79 Å². The van der Waals surface area contributed by atoms with Crippen molar-refractivity contribution >= 4 is 11.7 Å². The van der Waals surface area contributed by atoms with E-state index >= 15 is 0 Å². The first-order valence-corrected chi connectivity index (χ1v) is 4.46. The highest BCUT2D eigenvalue weighted by molar-refractivity contribution is 6.03. The van der Waals surface area contributed by atoms with E-state index in [0.717, 1.165) is 6.07 Å². The Bertz CT molecular complexity index is 503. The monoisotopic (exact) mass is 218 g/mol. The second-order valence-corrected chi connectivity index (χ2v) is 2.93. The van der Waals surface area contributed by atoms with Gasteiger partial charge in [-0.1, -0.05) is 0 Å². The molecule has 0 aliphatic carbocycles. The van der Waals surface area contributed by atoms with E-state index in [1.807, 2.05) is 0 Å². The van der Waals surface area contributed by atoms with E-state index in [1.165, 1.54) is 18.5 Å². The zero-order valence-corrected chi connectivity index (χ0v) is 8.09. The number of nitrogens with one attached hydrogen (secondary N) is 1. The molecule has 80 valence electrons. The molecule has 0 spiro atoms. The first kappa shape index (κ1) is 10.2. The molecule has 0 aromatic carbocycles. The van der Waals surface area contributed by atoms with Gasteiger partial charge in [-0.25, -0.2) is 4.98 Å². The Kier molecular flexibility index (Phi) is 2.81. The van der Waals surface area contributed by atoms with Crippen LogP contribution in [0.2, 0.25) is 0 Å². The van der Waals surface area contributed by atoms with Gasteiger partial charge in [-0.2, -0.15) is 9.49 Å². The molecule has 0 aliphatic heterocycles. The van der Waals surface area contributed by atoms with E-state index < -0.39 is 11.9 Å². The molecule has 1 amide bonds. The summed E-state index contributed by atoms with van der Waals surface area (Å²) in [6.07, 6.45) is 2.71. The van der Waals surface area contributed by atoms with Crippen molar-refractivity contribution in [2.24, 2.45) is 0 Å². The minimum absolute atomic E-state index is 0.179. The highest BCUT2D eigenvalue weighted by Gasteiger charge is 2.07. The Morgan fingerprint density at radius 3 is 2.88 bits per heavy atom. The van der Waals surface area contributed by atoms with Gasteiger partial charge in [0, 0.05) is 24.0 Å². The highest BCUT2D eigenvalue weighted by Crippen LogP contribution is 2.05. The third-order valence-corrected chi connectivity index (χ3v) is 1.80. The average molecular weight is 218 g/mol. The Morgan fingerprint density at radius 1 is 1.31 bits per heavy atom. The summed E-state index contributed by atoms with van der Waals surface area (Å²) in [6, 6.07) is 5.68. The summed E-state index contributed by atoms with van der Waals surface area (Å²) in [5, 5.41) is 9.75. The maximum absolute atomic E-state index is 12.7. The molecule has 0 atom stereocenters. The summed E-state index contributed by atoms with van der Waals surface area (Å²) in [5.74, 6) is -0.849. The molecule has 0 radical (unpaired) electrons. The molecular weight excluding hydrogens is 211 g/mol. The fraction of sp³-hybridized carbons (Fsp3) is 0. The quantitative estimate of drug-likeness (QED) is 0.770. The van der Waals surface area contributed by atoms with Crippen molar-refractivity contribution in [3.63, 3.8) is 0 Å². The van der Waals surface area contributed by atoms with Gasteiger partial charge < -0.3 is 5.32 Å². The van der Waals surface area contributed by atoms with Crippen LogP contribution < -0.4 is 5.32 Å². The average Bonchev–Trinajstić information content (AvgIpc) is 2.30. The molecular formula is C10H7FN4O. The van der Waals surface area contributed by atoms with Crippen molar-refractivity contribution in [1.82, 2.24) is 15.2 Å². The zero-order valence-electron chi connectivity index (χ0n) is 8.09. The van der Waals surface area contributed by atoms with Crippen LogP contribution in [0.15, 0.2) is 36.7 Å². The van der Waals surface area contributed by atoms with Crippen molar-refractivity contribution in [2.75, 3.05) is 5.32 Å². The fourth-order valence-corrected chi connectivity index (χ4v) is 1.10. The summed E-state index contributed by atoms with van der Waals surface area (Å²) in [5.41, 5.74) is 0.179. The van der Waals surface area contributed by atoms with Crippen LogP contribution in [-0.2, 0) is 0 Å². The fourth-order valence-electron chi connectivity index (χ4n) is 1.10. The van der Waals surface area contributed by atoms with Crippen LogP contribution in [0, 0.1) is 5.95 Å². The van der Waals surface area contributed by atoms with Gasteiger partial charge >= 0.3 is 0 Å². The molecule has 1 N–H and O–H groups in total. The molecule has 2 aromatic heterocycles. The van der Waals surface area contributed by atoms with Crippen molar-refractivity contribution in [3.8, 4) is 0 Å². The van der Waals surface area contributed by atoms with Crippen LogP contribution in [0.5, 0.6) is 0 Å². The minimum atomic E-state index is -0.702. The molecule has 0 saturated carbocycles. The number of amides is 1. The van der Waals surface area contributed by atoms with Gasteiger partial charge in [-0.05, 0) is 18.2 Å². The number of aromatic nitrogens is 3. The number of carbonyl (C=O) groups is 1. The normalized spacial score (nSPS) is 9.81. The lowest BCUT2D eigenvalue weighted by Crippen LogP contribution is -2.13. The first-order chi connectivity index (χ1) is 7.75. The van der Waals surface area contributed by atoms with E-state index in [4.69, 9.17) is 0 Å². The smallest absolute Gasteiger partial charge is 0.257 e. The first-order valence-electron chi connectivity index (χ1n) is 4.46. The topological polar surface area (TPSA) is 67.8 Å². The Balaban J connectivity index is 2.15. The van der Waals surface area contributed by atoms with Crippen LogP contribution in [0.25, 0.3) is 0 Å². The van der Waals surface area contributed by atoms with E-state index in [2.05, 4.69) is 20.5 Å². The van der Waals surface area contributed by atoms with Crippen LogP contribution in [0.3, 0.4) is 0 Å². The third-order valence-electron chi connectivity index (χ3n) is 1.80. The number of nitrogens with zero attached hydrogens (tertiary/aromatic N) is 3. The molecule has 6 heteroatoms. The third kappa shape index (κ3) is 2.35. The number of halogens is 1. The molecule has 0 unspecified atom stereocenters. The molecule has 0 bridgehead atoms. The van der Waals surface area contributed by atoms with Gasteiger partial charge in [0.15, 0.2) is 5.82 Å². The predicted molar refractivity (Wildman–Crippen MR) is 54.2 cm³/mol. The highest BCUT2D eigenvalue weighted by atomic mass is 19.1. The van der Waals surface area contributed by atoms with Gasteiger partial charge in [0.2, 0.25) is 5.95 Å². The second kappa shape index (κ2) is 4.43. The van der Waals surface area contributed by atoms with E-state index in [1.54, 1.807) is 12.1 Å². The number of pyridine rings is 1. The SMILES string of the molecule is O=C(Nc1cccnn1)c1ccnc(F)c1. The molecule has 0 aliphatic rings. The van der Waals surface area contributed by atoms with Crippen LogP contribution in [0.4, 0.5) is 10.2 Å². The van der Waals surface area contributed by atoms with Crippen molar-refractivity contribution in [3.05, 3.63) is 48.2 Å². The maximum Gasteiger partial charge on any atom is 0.257 e. The summed E-state index contributed by atoms with van der Waals surface area (Å²) < 4.78 is 12.7. The lowest BCUT2D eigenvalue weighted by Gasteiger charge is -2.02. The standard InChI is InChI=1S/C10H7FN4O/c11-8-6-7(3-5-12-8)10(16)14-9-2-1-4-13-15-9/h1-6H,(H,14,15,16). The van der Waals surface area contributed by atoms with E-state index in [9.17, 15) is 9.18 Å². The van der Waals surface area contributed by atoms with Crippen molar-refractivity contribution in [1.29, 1.82) is 0 Å². The van der Waals surface area contributed by atoms with Crippen molar-refractivity contribution < 1.29 is 9.18 Å². The molecule has 2 aromatic rings. The predicted octanol–water partition coefficient (Wildman–Crippen LogP) is 1.26. The van der Waals surface area contributed by atoms with Gasteiger partial charge in [-0.15, -0.1) is 5.10 Å². The summed E-state index contributed by atoms with van der Waals surface area (Å²) in [6.45, 7) is 0. The lowest BCUT2D eigenvalue weighted by atomic mass is 10.2. The Morgan fingerprint density at radius 2 is 2.19 bits per heavy atom. The van der Waals surface area contributed by atoms with Gasteiger partial charge in [0.1, 0.15) is 0 Å². The van der Waals surface area contributed by atoms with Crippen LogP contribution >= 0.6 is 0 Å². The number of anilines is 1. The van der Waals surface area contributed by atoms with E-state index in [0.29, 0.717) is 5.82 Å². The van der Waals surface area contributed by atoms with Crippen LogP contribution in [0.1, 0.15) is 10.4 Å². The molecule has 2 rings (SSSR count). The van der Waals surface area contributed by atoms with Gasteiger partial charge in [0.05, 0.1) is 0 Å². The summed E-state index contributed by atoms with van der Waals surface area (Å²) in [4.78, 5) is 14.9. The molecule has 5 nitrogen and oxygen atoms in total. The number of rotatable bonds is 2. The summed E-state index contributed by atoms with van der Waals surface area (Å²) in [7, 11) is 0. The zero-order chi connectivity index (χ0) is 11.4. The Labute approximate surface area is 90.4 Å². The number of carbonyl (C=O) groups excluding carboxylic acids is 1. The van der Waals surface area contributed by atoms with Crippen molar-refractivity contribution in [2.45, 2.75) is 0 Å². The lowest BCUT2D eigenvalue weighted by molar-refractivity contribution is 0.102. The van der Waals surface area contributed by atoms with Crippen LogP contribution in [-0.4, -0.2) is 21.1 Å². The Hall–Kier alpha value is -2.37. The number of hydrogen-bond donors (Lipinski definition) is 1. The number of hydrogen-bond acceptors (Lipinski definition) is 4.